The molecule has 2 saturated carbocycles. The van der Waals surface area contributed by atoms with E-state index in [-0.39, 0.29) is 10.3 Å². The van der Waals surface area contributed by atoms with Gasteiger partial charge in [0, 0.05) is 17.4 Å². The van der Waals surface area contributed by atoms with Crippen LogP contribution in [0.1, 0.15) is 51.2 Å². The van der Waals surface area contributed by atoms with Crippen molar-refractivity contribution < 1.29 is 4.84 Å². The highest BCUT2D eigenvalue weighted by molar-refractivity contribution is 8.15. The molecule has 2 bridgehead atoms. The fraction of sp³-hybridized carbons (Fsp3) is 0.611. The van der Waals surface area contributed by atoms with Gasteiger partial charge in [0.2, 0.25) is 0 Å². The van der Waals surface area contributed by atoms with E-state index in [2.05, 4.69) is 57.1 Å². The Balaban J connectivity index is 1.65. The van der Waals surface area contributed by atoms with E-state index in [1.807, 2.05) is 11.8 Å². The SMILES string of the molecule is Cc1ccc(C2=NO[C@@]3(C[C@@H]4CC[C@]3(C)C4(C)C)S2)cc1. The van der Waals surface area contributed by atoms with Gasteiger partial charge in [0.15, 0.2) is 4.93 Å². The molecule has 1 heterocycles. The van der Waals surface area contributed by atoms with Crippen molar-refractivity contribution in [2.24, 2.45) is 21.9 Å². The smallest absolute Gasteiger partial charge is 0.194 e. The van der Waals surface area contributed by atoms with E-state index in [9.17, 15) is 0 Å². The Morgan fingerprint density at radius 3 is 2.48 bits per heavy atom. The third kappa shape index (κ3) is 1.59. The van der Waals surface area contributed by atoms with E-state index in [4.69, 9.17) is 4.84 Å². The highest BCUT2D eigenvalue weighted by Crippen LogP contribution is 2.74. The van der Waals surface area contributed by atoms with Crippen molar-refractivity contribution >= 4 is 16.8 Å². The van der Waals surface area contributed by atoms with Crippen LogP contribution in [0.3, 0.4) is 0 Å². The molecular formula is C18H23NOS. The zero-order valence-electron chi connectivity index (χ0n) is 13.3. The average molecular weight is 301 g/mol. The molecule has 0 aromatic heterocycles. The second-order valence-electron chi connectivity index (χ2n) is 7.70. The lowest BCUT2D eigenvalue weighted by atomic mass is 9.69. The second kappa shape index (κ2) is 4.07. The topological polar surface area (TPSA) is 21.6 Å². The van der Waals surface area contributed by atoms with E-state index in [0.29, 0.717) is 5.41 Å². The maximum absolute atomic E-state index is 6.12. The van der Waals surface area contributed by atoms with Crippen LogP contribution in [0.5, 0.6) is 0 Å². The number of benzene rings is 1. The number of oxime groups is 1. The van der Waals surface area contributed by atoms with Crippen LogP contribution in [0.15, 0.2) is 29.4 Å². The summed E-state index contributed by atoms with van der Waals surface area (Å²) in [6.07, 6.45) is 3.74. The lowest BCUT2D eigenvalue weighted by Gasteiger charge is -2.43. The van der Waals surface area contributed by atoms with E-state index in [1.54, 1.807) is 0 Å². The van der Waals surface area contributed by atoms with Crippen LogP contribution >= 0.6 is 11.8 Å². The number of hydrogen-bond donors (Lipinski definition) is 0. The van der Waals surface area contributed by atoms with Crippen LogP contribution in [0.2, 0.25) is 0 Å². The van der Waals surface area contributed by atoms with Crippen molar-refractivity contribution in [2.45, 2.75) is 51.9 Å². The molecule has 1 aromatic carbocycles. The van der Waals surface area contributed by atoms with Crippen LogP contribution in [0.4, 0.5) is 0 Å². The Kier molecular flexibility index (Phi) is 2.65. The first-order valence-corrected chi connectivity index (χ1v) is 8.72. The molecule has 1 aromatic rings. The van der Waals surface area contributed by atoms with Crippen molar-refractivity contribution in [3.05, 3.63) is 35.4 Å². The minimum Gasteiger partial charge on any atom is -0.376 e. The lowest BCUT2D eigenvalue weighted by Crippen LogP contribution is -2.44. The van der Waals surface area contributed by atoms with Crippen molar-refractivity contribution in [1.29, 1.82) is 0 Å². The van der Waals surface area contributed by atoms with Gasteiger partial charge in [-0.05, 0) is 31.1 Å². The fourth-order valence-electron chi connectivity index (χ4n) is 4.59. The molecule has 2 fully saturated rings. The van der Waals surface area contributed by atoms with Gasteiger partial charge in [-0.2, -0.15) is 0 Å². The molecule has 0 radical (unpaired) electrons. The number of nitrogens with zero attached hydrogens (tertiary/aromatic N) is 1. The minimum atomic E-state index is -0.139. The maximum atomic E-state index is 6.12. The van der Waals surface area contributed by atoms with Crippen molar-refractivity contribution in [3.63, 3.8) is 0 Å². The first kappa shape index (κ1) is 13.7. The summed E-state index contributed by atoms with van der Waals surface area (Å²) in [5.41, 5.74) is 3.03. The molecule has 0 N–H and O–H groups in total. The van der Waals surface area contributed by atoms with E-state index in [0.717, 1.165) is 17.4 Å². The monoisotopic (exact) mass is 301 g/mol. The highest BCUT2D eigenvalue weighted by atomic mass is 32.2. The molecule has 3 atom stereocenters. The van der Waals surface area contributed by atoms with Crippen molar-refractivity contribution in [3.8, 4) is 0 Å². The van der Waals surface area contributed by atoms with E-state index in [1.165, 1.54) is 24.0 Å². The number of rotatable bonds is 1. The third-order valence-electron chi connectivity index (χ3n) is 6.63. The summed E-state index contributed by atoms with van der Waals surface area (Å²) in [5.74, 6) is 0.766. The zero-order valence-corrected chi connectivity index (χ0v) is 14.1. The maximum Gasteiger partial charge on any atom is 0.194 e. The first-order chi connectivity index (χ1) is 9.88. The average Bonchev–Trinajstić information content (AvgIpc) is 3.01. The van der Waals surface area contributed by atoms with E-state index >= 15 is 0 Å². The largest absolute Gasteiger partial charge is 0.376 e. The van der Waals surface area contributed by atoms with Crippen LogP contribution < -0.4 is 0 Å². The summed E-state index contributed by atoms with van der Waals surface area (Å²) in [4.78, 5) is 5.98. The van der Waals surface area contributed by atoms with Crippen molar-refractivity contribution in [1.82, 2.24) is 0 Å². The molecule has 0 saturated heterocycles. The summed E-state index contributed by atoms with van der Waals surface area (Å²) in [5, 5.41) is 5.54. The summed E-state index contributed by atoms with van der Waals surface area (Å²) in [6, 6.07) is 8.61. The van der Waals surface area contributed by atoms with Crippen LogP contribution in [-0.2, 0) is 4.84 Å². The molecule has 0 unspecified atom stereocenters. The Hall–Kier alpha value is -0.960. The Morgan fingerprint density at radius 2 is 1.90 bits per heavy atom. The van der Waals surface area contributed by atoms with Gasteiger partial charge < -0.3 is 4.84 Å². The lowest BCUT2D eigenvalue weighted by molar-refractivity contribution is -0.0659. The van der Waals surface area contributed by atoms with Gasteiger partial charge in [-0.15, -0.1) is 0 Å². The van der Waals surface area contributed by atoms with Gasteiger partial charge in [0.1, 0.15) is 5.04 Å². The number of aryl methyl sites for hydroxylation is 1. The molecule has 0 amide bonds. The Morgan fingerprint density at radius 1 is 1.19 bits per heavy atom. The molecule has 1 aliphatic heterocycles. The zero-order chi connectivity index (χ0) is 14.9. The molecule has 1 spiro atoms. The molecule has 3 heteroatoms. The number of thioether (sulfide) groups is 1. The number of fused-ring (bicyclic) bond motifs is 3. The third-order valence-corrected chi connectivity index (χ3v) is 8.15. The fourth-order valence-corrected chi connectivity index (χ4v) is 6.18. The van der Waals surface area contributed by atoms with Crippen LogP contribution in [0.25, 0.3) is 0 Å². The van der Waals surface area contributed by atoms with E-state index < -0.39 is 0 Å². The first-order valence-electron chi connectivity index (χ1n) is 7.90. The summed E-state index contributed by atoms with van der Waals surface area (Å²) >= 11 is 1.87. The summed E-state index contributed by atoms with van der Waals surface area (Å²) in [6.45, 7) is 9.38. The predicted octanol–water partition coefficient (Wildman–Crippen LogP) is 4.96. The number of hydrogen-bond acceptors (Lipinski definition) is 3. The molecule has 2 nitrogen and oxygen atoms in total. The molecule has 3 aliphatic rings. The van der Waals surface area contributed by atoms with Gasteiger partial charge in [0.25, 0.3) is 0 Å². The minimum absolute atomic E-state index is 0.139. The van der Waals surface area contributed by atoms with Crippen LogP contribution in [-0.4, -0.2) is 9.98 Å². The standard InChI is InChI=1S/C18H23NOS/c1-12-5-7-13(8-6-12)15-19-20-18(21-15)11-14-9-10-17(18,4)16(14,2)3/h5-8,14H,9-11H2,1-4H3/t14-,17+,18-/m0/s1. The highest BCUT2D eigenvalue weighted by Gasteiger charge is 2.72. The van der Waals surface area contributed by atoms with Gasteiger partial charge in [-0.3, -0.25) is 0 Å². The van der Waals surface area contributed by atoms with Gasteiger partial charge in [-0.1, -0.05) is 67.5 Å². The Labute approximate surface area is 131 Å². The summed E-state index contributed by atoms with van der Waals surface area (Å²) < 4.78 is 0. The van der Waals surface area contributed by atoms with Gasteiger partial charge in [0.05, 0.1) is 0 Å². The van der Waals surface area contributed by atoms with Gasteiger partial charge >= 0.3 is 0 Å². The predicted molar refractivity (Wildman–Crippen MR) is 88.4 cm³/mol. The molecule has 2 aliphatic carbocycles. The molecular weight excluding hydrogens is 278 g/mol. The van der Waals surface area contributed by atoms with Crippen LogP contribution in [0, 0.1) is 23.7 Å². The Bertz CT molecular complexity index is 621. The molecule has 4 rings (SSSR count). The molecule has 21 heavy (non-hydrogen) atoms. The normalized spacial score (nSPS) is 39.6. The quantitative estimate of drug-likeness (QED) is 0.731. The molecule has 112 valence electrons. The van der Waals surface area contributed by atoms with Crippen molar-refractivity contribution in [2.75, 3.05) is 0 Å². The van der Waals surface area contributed by atoms with Gasteiger partial charge in [-0.25, -0.2) is 0 Å². The summed E-state index contributed by atoms with van der Waals surface area (Å²) in [7, 11) is 0. The second-order valence-corrected chi connectivity index (χ2v) is 8.95.